The summed E-state index contributed by atoms with van der Waals surface area (Å²) in [6.45, 7) is 1.87. The van der Waals surface area contributed by atoms with Gasteiger partial charge < -0.3 is 5.32 Å². The molecule has 1 heterocycles. The Balaban J connectivity index is 1.73. The highest BCUT2D eigenvalue weighted by Gasteiger charge is 2.24. The number of benzene rings is 2. The van der Waals surface area contributed by atoms with Gasteiger partial charge in [-0.3, -0.25) is 9.78 Å². The van der Waals surface area contributed by atoms with Gasteiger partial charge in [0.05, 0.1) is 17.1 Å². The van der Waals surface area contributed by atoms with E-state index in [0.29, 0.717) is 0 Å². The van der Waals surface area contributed by atoms with E-state index in [2.05, 4.69) is 5.32 Å². The van der Waals surface area contributed by atoms with Crippen LogP contribution in [0.5, 0.6) is 0 Å². The van der Waals surface area contributed by atoms with Gasteiger partial charge in [0, 0.05) is 11.1 Å². The van der Waals surface area contributed by atoms with Crippen LogP contribution in [0.3, 0.4) is 0 Å². The lowest BCUT2D eigenvalue weighted by molar-refractivity contribution is 0.0940. The average molecular weight is 334 g/mol. The number of carbonyl (C=O) groups excluding carboxylic acids is 1. The van der Waals surface area contributed by atoms with Crippen LogP contribution in [0.15, 0.2) is 48.5 Å². The summed E-state index contributed by atoms with van der Waals surface area (Å²) in [4.78, 5) is 17.8. The number of amides is 1. The lowest BCUT2D eigenvalue weighted by atomic mass is 9.99. The second-order valence-electron chi connectivity index (χ2n) is 6.53. The minimum Gasteiger partial charge on any atom is -0.345 e. The average Bonchev–Trinajstić information content (AvgIpc) is 3.07. The van der Waals surface area contributed by atoms with Gasteiger partial charge >= 0.3 is 0 Å². The fourth-order valence-corrected chi connectivity index (χ4v) is 3.60. The molecule has 1 aromatic heterocycles. The van der Waals surface area contributed by atoms with Gasteiger partial charge in [-0.2, -0.15) is 0 Å². The number of nitrogens with one attached hydrogen (secondary N) is 1. The van der Waals surface area contributed by atoms with Crippen molar-refractivity contribution in [2.24, 2.45) is 0 Å². The van der Waals surface area contributed by atoms with E-state index in [-0.39, 0.29) is 17.8 Å². The summed E-state index contributed by atoms with van der Waals surface area (Å²) in [6.07, 6.45) is 2.82. The van der Waals surface area contributed by atoms with Crippen molar-refractivity contribution in [3.8, 4) is 0 Å². The molecule has 0 aliphatic heterocycles. The summed E-state index contributed by atoms with van der Waals surface area (Å²) in [7, 11) is 0. The number of hydrogen-bond acceptors (Lipinski definition) is 2. The molecule has 1 aliphatic rings. The molecule has 0 saturated carbocycles. The van der Waals surface area contributed by atoms with E-state index in [1.807, 2.05) is 37.3 Å². The van der Waals surface area contributed by atoms with Crippen molar-refractivity contribution < 1.29 is 9.18 Å². The third kappa shape index (κ3) is 2.88. The molecule has 3 nitrogen and oxygen atoms in total. The van der Waals surface area contributed by atoms with Crippen LogP contribution in [0.4, 0.5) is 4.39 Å². The van der Waals surface area contributed by atoms with E-state index in [9.17, 15) is 9.18 Å². The second-order valence-corrected chi connectivity index (χ2v) is 6.53. The molecule has 1 N–H and O–H groups in total. The predicted octanol–water partition coefficient (Wildman–Crippen LogP) is 4.35. The maximum Gasteiger partial charge on any atom is 0.252 e. The molecule has 25 heavy (non-hydrogen) atoms. The molecule has 0 spiro atoms. The lowest BCUT2D eigenvalue weighted by Gasteiger charge is -2.17. The van der Waals surface area contributed by atoms with E-state index in [1.54, 1.807) is 6.07 Å². The number of halogens is 1. The number of para-hydroxylation sites is 1. The minimum atomic E-state index is -0.297. The van der Waals surface area contributed by atoms with Crippen LogP contribution in [0.2, 0.25) is 0 Å². The van der Waals surface area contributed by atoms with E-state index in [1.165, 1.54) is 12.1 Å². The first-order chi connectivity index (χ1) is 12.1. The van der Waals surface area contributed by atoms with Gasteiger partial charge in [-0.05, 0) is 55.5 Å². The number of aryl methyl sites for hydroxylation is 1. The molecule has 1 amide bonds. The summed E-state index contributed by atoms with van der Waals surface area (Å²) in [6, 6.07) is 13.8. The quantitative estimate of drug-likeness (QED) is 0.773. The summed E-state index contributed by atoms with van der Waals surface area (Å²) in [5, 5.41) is 3.91. The maximum atomic E-state index is 13.5. The Morgan fingerprint density at radius 2 is 2.00 bits per heavy atom. The number of pyridine rings is 1. The standard InChI is InChI=1S/C21H19FN2O/c1-13(14-6-4-7-15(22)12-14)23-21(25)20-16-8-2-3-10-18(16)24-19-11-5-9-17(19)20/h2-4,6-8,10,12-13H,5,9,11H2,1H3,(H,23,25). The number of nitrogens with zero attached hydrogens (tertiary/aromatic N) is 1. The highest BCUT2D eigenvalue weighted by molar-refractivity contribution is 6.08. The summed E-state index contributed by atoms with van der Waals surface area (Å²) >= 11 is 0. The van der Waals surface area contributed by atoms with Crippen molar-refractivity contribution in [3.05, 3.63) is 76.7 Å². The van der Waals surface area contributed by atoms with Crippen molar-refractivity contribution in [2.75, 3.05) is 0 Å². The Labute approximate surface area is 145 Å². The summed E-state index contributed by atoms with van der Waals surface area (Å²) in [5.41, 5.74) is 4.42. The number of aromatic nitrogens is 1. The van der Waals surface area contributed by atoms with E-state index in [0.717, 1.165) is 52.5 Å². The van der Waals surface area contributed by atoms with Crippen molar-refractivity contribution >= 4 is 16.8 Å². The number of hydrogen-bond donors (Lipinski definition) is 1. The van der Waals surface area contributed by atoms with Gasteiger partial charge in [0.1, 0.15) is 5.82 Å². The maximum absolute atomic E-state index is 13.5. The molecule has 4 rings (SSSR count). The van der Waals surface area contributed by atoms with Crippen LogP contribution >= 0.6 is 0 Å². The van der Waals surface area contributed by atoms with Crippen LogP contribution in [0, 0.1) is 5.82 Å². The molecule has 0 bridgehead atoms. The number of carbonyl (C=O) groups is 1. The highest BCUT2D eigenvalue weighted by atomic mass is 19.1. The highest BCUT2D eigenvalue weighted by Crippen LogP contribution is 2.30. The molecule has 0 radical (unpaired) electrons. The summed E-state index contributed by atoms with van der Waals surface area (Å²) in [5.74, 6) is -0.414. The zero-order valence-electron chi connectivity index (χ0n) is 14.1. The van der Waals surface area contributed by atoms with Gasteiger partial charge in [-0.1, -0.05) is 30.3 Å². The van der Waals surface area contributed by atoms with Crippen LogP contribution in [-0.4, -0.2) is 10.9 Å². The minimum absolute atomic E-state index is 0.117. The van der Waals surface area contributed by atoms with Gasteiger partial charge in [0.2, 0.25) is 0 Å². The number of fused-ring (bicyclic) bond motifs is 2. The van der Waals surface area contributed by atoms with Gasteiger partial charge in [0.25, 0.3) is 5.91 Å². The van der Waals surface area contributed by atoms with E-state index < -0.39 is 0 Å². The van der Waals surface area contributed by atoms with Crippen molar-refractivity contribution in [2.45, 2.75) is 32.2 Å². The molecule has 3 aromatic rings. The molecular weight excluding hydrogens is 315 g/mol. The Hall–Kier alpha value is -2.75. The Morgan fingerprint density at radius 3 is 2.84 bits per heavy atom. The van der Waals surface area contributed by atoms with Crippen molar-refractivity contribution in [1.29, 1.82) is 0 Å². The van der Waals surface area contributed by atoms with Crippen LogP contribution in [0.25, 0.3) is 10.9 Å². The van der Waals surface area contributed by atoms with Crippen molar-refractivity contribution in [1.82, 2.24) is 10.3 Å². The fourth-order valence-electron chi connectivity index (χ4n) is 3.60. The molecule has 1 unspecified atom stereocenters. The Bertz CT molecular complexity index is 967. The van der Waals surface area contributed by atoms with Crippen molar-refractivity contribution in [3.63, 3.8) is 0 Å². The van der Waals surface area contributed by atoms with E-state index >= 15 is 0 Å². The molecular formula is C21H19FN2O. The van der Waals surface area contributed by atoms with Crippen LogP contribution in [0.1, 0.15) is 46.6 Å². The second kappa shape index (κ2) is 6.28. The SMILES string of the molecule is CC(NC(=O)c1c2c(nc3ccccc13)CCC2)c1cccc(F)c1. The molecule has 126 valence electrons. The molecule has 0 fully saturated rings. The lowest BCUT2D eigenvalue weighted by Crippen LogP contribution is -2.28. The molecule has 0 saturated heterocycles. The predicted molar refractivity (Wildman–Crippen MR) is 96.0 cm³/mol. The van der Waals surface area contributed by atoms with E-state index in [4.69, 9.17) is 4.98 Å². The zero-order chi connectivity index (χ0) is 17.4. The fraction of sp³-hybridized carbons (Fsp3) is 0.238. The normalized spacial score (nSPS) is 14.3. The molecule has 1 atom stereocenters. The first kappa shape index (κ1) is 15.8. The summed E-state index contributed by atoms with van der Waals surface area (Å²) < 4.78 is 13.5. The Morgan fingerprint density at radius 1 is 1.16 bits per heavy atom. The topological polar surface area (TPSA) is 42.0 Å². The van der Waals surface area contributed by atoms with Gasteiger partial charge in [-0.15, -0.1) is 0 Å². The monoisotopic (exact) mass is 334 g/mol. The Kier molecular flexibility index (Phi) is 3.96. The number of rotatable bonds is 3. The zero-order valence-corrected chi connectivity index (χ0v) is 14.1. The first-order valence-electron chi connectivity index (χ1n) is 8.60. The third-order valence-corrected chi connectivity index (χ3v) is 4.84. The third-order valence-electron chi connectivity index (χ3n) is 4.84. The molecule has 2 aromatic carbocycles. The molecule has 4 heteroatoms. The largest absolute Gasteiger partial charge is 0.345 e. The van der Waals surface area contributed by atoms with Crippen LogP contribution < -0.4 is 5.32 Å². The smallest absolute Gasteiger partial charge is 0.252 e. The van der Waals surface area contributed by atoms with Gasteiger partial charge in [0.15, 0.2) is 0 Å². The first-order valence-corrected chi connectivity index (χ1v) is 8.60. The van der Waals surface area contributed by atoms with Gasteiger partial charge in [-0.25, -0.2) is 4.39 Å². The molecule has 1 aliphatic carbocycles. The van der Waals surface area contributed by atoms with Crippen LogP contribution in [-0.2, 0) is 12.8 Å².